The molecule has 0 spiro atoms. The van der Waals surface area contributed by atoms with Crippen molar-refractivity contribution in [3.8, 4) is 0 Å². The van der Waals surface area contributed by atoms with Crippen molar-refractivity contribution in [1.29, 1.82) is 0 Å². The SMILES string of the molecule is CCCCCCCCCCCCCCCCCCC(Cc1ccccc1)C(=O)OCCC(C)C. The predicted octanol–water partition coefficient (Wildman–Crippen LogP) is 10.1. The fourth-order valence-corrected chi connectivity index (χ4v) is 4.65. The Bertz CT molecular complexity index is 566. The zero-order valence-corrected chi connectivity index (χ0v) is 23.0. The lowest BCUT2D eigenvalue weighted by atomic mass is 9.93. The van der Waals surface area contributed by atoms with Crippen molar-refractivity contribution < 1.29 is 9.53 Å². The number of rotatable bonds is 23. The van der Waals surface area contributed by atoms with Crippen LogP contribution in [0.25, 0.3) is 0 Å². The zero-order chi connectivity index (χ0) is 24.7. The summed E-state index contributed by atoms with van der Waals surface area (Å²) in [7, 11) is 0. The second kappa shape index (κ2) is 22.2. The van der Waals surface area contributed by atoms with E-state index in [0.29, 0.717) is 12.5 Å². The molecule has 2 heteroatoms. The molecule has 0 amide bonds. The summed E-state index contributed by atoms with van der Waals surface area (Å²) in [5.74, 6) is 0.576. The number of ether oxygens (including phenoxy) is 1. The maximum atomic E-state index is 12.7. The molecule has 0 bridgehead atoms. The monoisotopic (exact) mass is 472 g/mol. The summed E-state index contributed by atoms with van der Waals surface area (Å²) in [6.07, 6.45) is 24.8. The molecule has 0 N–H and O–H groups in total. The number of benzene rings is 1. The van der Waals surface area contributed by atoms with Crippen LogP contribution in [0.3, 0.4) is 0 Å². The van der Waals surface area contributed by atoms with Crippen LogP contribution in [0.5, 0.6) is 0 Å². The molecular weight excluding hydrogens is 416 g/mol. The van der Waals surface area contributed by atoms with Crippen molar-refractivity contribution in [2.24, 2.45) is 11.8 Å². The molecular formula is C32H56O2. The van der Waals surface area contributed by atoms with Gasteiger partial charge in [-0.15, -0.1) is 0 Å². The van der Waals surface area contributed by atoms with Crippen LogP contribution in [0.2, 0.25) is 0 Å². The first-order valence-corrected chi connectivity index (χ1v) is 14.8. The topological polar surface area (TPSA) is 26.3 Å². The molecule has 0 aliphatic carbocycles. The van der Waals surface area contributed by atoms with Crippen LogP contribution in [-0.4, -0.2) is 12.6 Å². The maximum absolute atomic E-state index is 12.7. The lowest BCUT2D eigenvalue weighted by molar-refractivity contribution is -0.149. The van der Waals surface area contributed by atoms with Gasteiger partial charge in [0.05, 0.1) is 12.5 Å². The molecule has 0 aromatic heterocycles. The third-order valence-corrected chi connectivity index (χ3v) is 7.00. The minimum Gasteiger partial charge on any atom is -0.465 e. The van der Waals surface area contributed by atoms with E-state index >= 15 is 0 Å². The summed E-state index contributed by atoms with van der Waals surface area (Å²) in [6.45, 7) is 7.19. The number of hydrogen-bond acceptors (Lipinski definition) is 2. The average Bonchev–Trinajstić information content (AvgIpc) is 2.83. The third kappa shape index (κ3) is 18.1. The second-order valence-electron chi connectivity index (χ2n) is 10.8. The molecule has 34 heavy (non-hydrogen) atoms. The lowest BCUT2D eigenvalue weighted by Crippen LogP contribution is -2.21. The summed E-state index contributed by atoms with van der Waals surface area (Å²) in [5.41, 5.74) is 1.24. The highest BCUT2D eigenvalue weighted by atomic mass is 16.5. The molecule has 0 aliphatic rings. The minimum atomic E-state index is 0.00112. The van der Waals surface area contributed by atoms with Crippen molar-refractivity contribution in [3.05, 3.63) is 35.9 Å². The Morgan fingerprint density at radius 2 is 1.15 bits per heavy atom. The molecule has 2 nitrogen and oxygen atoms in total. The molecule has 1 aromatic rings. The third-order valence-electron chi connectivity index (χ3n) is 7.00. The van der Waals surface area contributed by atoms with E-state index in [1.165, 1.54) is 102 Å². The first-order valence-electron chi connectivity index (χ1n) is 14.8. The zero-order valence-electron chi connectivity index (χ0n) is 23.0. The van der Waals surface area contributed by atoms with Crippen molar-refractivity contribution in [2.45, 2.75) is 143 Å². The van der Waals surface area contributed by atoms with Gasteiger partial charge in [-0.2, -0.15) is 0 Å². The summed E-state index contributed by atoms with van der Waals surface area (Å²) in [4.78, 5) is 12.7. The first kappa shape index (κ1) is 30.7. The molecule has 196 valence electrons. The van der Waals surface area contributed by atoms with E-state index in [4.69, 9.17) is 4.74 Å². The molecule has 1 unspecified atom stereocenters. The second-order valence-corrected chi connectivity index (χ2v) is 10.8. The van der Waals surface area contributed by atoms with Gasteiger partial charge in [0.15, 0.2) is 0 Å². The number of carbonyl (C=O) groups excluding carboxylic acids is 1. The Labute approximate surface area is 212 Å². The molecule has 0 aliphatic heterocycles. The van der Waals surface area contributed by atoms with Crippen LogP contribution in [-0.2, 0) is 16.0 Å². The van der Waals surface area contributed by atoms with Crippen molar-refractivity contribution in [1.82, 2.24) is 0 Å². The van der Waals surface area contributed by atoms with Gasteiger partial charge >= 0.3 is 5.97 Å². The Kier molecular flexibility index (Phi) is 20.0. The predicted molar refractivity (Wildman–Crippen MR) is 148 cm³/mol. The highest BCUT2D eigenvalue weighted by Gasteiger charge is 2.20. The summed E-state index contributed by atoms with van der Waals surface area (Å²) in [5, 5.41) is 0. The smallest absolute Gasteiger partial charge is 0.309 e. The minimum absolute atomic E-state index is 0.00112. The molecule has 0 saturated heterocycles. The number of esters is 1. The van der Waals surface area contributed by atoms with Crippen molar-refractivity contribution in [2.75, 3.05) is 6.61 Å². The van der Waals surface area contributed by atoms with E-state index in [-0.39, 0.29) is 11.9 Å². The molecule has 1 atom stereocenters. The van der Waals surface area contributed by atoms with E-state index in [0.717, 1.165) is 25.7 Å². The van der Waals surface area contributed by atoms with Crippen LogP contribution in [0.1, 0.15) is 142 Å². The van der Waals surface area contributed by atoms with E-state index in [1.54, 1.807) is 0 Å². The molecule has 0 fully saturated rings. The highest BCUT2D eigenvalue weighted by Crippen LogP contribution is 2.20. The number of unbranched alkanes of at least 4 members (excludes halogenated alkanes) is 15. The van der Waals surface area contributed by atoms with E-state index in [2.05, 4.69) is 45.0 Å². The van der Waals surface area contributed by atoms with Gasteiger partial charge < -0.3 is 4.74 Å². The van der Waals surface area contributed by atoms with Crippen LogP contribution in [0.4, 0.5) is 0 Å². The fraction of sp³-hybridized carbons (Fsp3) is 0.781. The summed E-state index contributed by atoms with van der Waals surface area (Å²) < 4.78 is 5.63. The van der Waals surface area contributed by atoms with Crippen molar-refractivity contribution in [3.63, 3.8) is 0 Å². The van der Waals surface area contributed by atoms with E-state index < -0.39 is 0 Å². The molecule has 0 saturated carbocycles. The van der Waals surface area contributed by atoms with Gasteiger partial charge in [-0.25, -0.2) is 0 Å². The highest BCUT2D eigenvalue weighted by molar-refractivity contribution is 5.72. The van der Waals surface area contributed by atoms with Gasteiger partial charge in [0.2, 0.25) is 0 Å². The quantitative estimate of drug-likeness (QED) is 0.117. The molecule has 0 radical (unpaired) electrons. The normalized spacial score (nSPS) is 12.2. The van der Waals surface area contributed by atoms with Gasteiger partial charge in [-0.1, -0.05) is 154 Å². The van der Waals surface area contributed by atoms with Gasteiger partial charge in [-0.3, -0.25) is 4.79 Å². The molecule has 1 rings (SSSR count). The van der Waals surface area contributed by atoms with Gasteiger partial charge in [0, 0.05) is 0 Å². The largest absolute Gasteiger partial charge is 0.465 e. The van der Waals surface area contributed by atoms with Crippen LogP contribution in [0.15, 0.2) is 30.3 Å². The Hall–Kier alpha value is -1.31. The van der Waals surface area contributed by atoms with Gasteiger partial charge in [0.25, 0.3) is 0 Å². The Balaban J connectivity index is 2.07. The van der Waals surface area contributed by atoms with Crippen molar-refractivity contribution >= 4 is 5.97 Å². The summed E-state index contributed by atoms with van der Waals surface area (Å²) in [6, 6.07) is 10.4. The fourth-order valence-electron chi connectivity index (χ4n) is 4.65. The maximum Gasteiger partial charge on any atom is 0.309 e. The van der Waals surface area contributed by atoms with Crippen LogP contribution >= 0.6 is 0 Å². The van der Waals surface area contributed by atoms with E-state index in [9.17, 15) is 4.79 Å². The Morgan fingerprint density at radius 3 is 1.62 bits per heavy atom. The molecule has 1 aromatic carbocycles. The Morgan fingerprint density at radius 1 is 0.676 bits per heavy atom. The van der Waals surface area contributed by atoms with Crippen LogP contribution < -0.4 is 0 Å². The summed E-state index contributed by atoms with van der Waals surface area (Å²) >= 11 is 0. The van der Waals surface area contributed by atoms with Gasteiger partial charge in [-0.05, 0) is 30.7 Å². The molecule has 0 heterocycles. The number of carbonyl (C=O) groups is 1. The standard InChI is InChI=1S/C32H56O2/c1-4-5-6-7-8-9-10-11-12-13-14-15-16-17-18-22-25-31(28-30-23-20-19-21-24-30)32(33)34-27-26-29(2)3/h19-21,23-24,29,31H,4-18,22,25-28H2,1-3H3. The van der Waals surface area contributed by atoms with Crippen LogP contribution in [0, 0.1) is 11.8 Å². The lowest BCUT2D eigenvalue weighted by Gasteiger charge is -2.17. The number of hydrogen-bond donors (Lipinski definition) is 0. The van der Waals surface area contributed by atoms with Gasteiger partial charge in [0.1, 0.15) is 0 Å². The van der Waals surface area contributed by atoms with E-state index in [1.807, 2.05) is 6.07 Å². The first-order chi connectivity index (χ1) is 16.6. The average molecular weight is 473 g/mol.